The van der Waals surface area contributed by atoms with E-state index < -0.39 is 5.97 Å². The van der Waals surface area contributed by atoms with Gasteiger partial charge in [-0.1, -0.05) is 17.7 Å². The number of hydrogen-bond acceptors (Lipinski definition) is 2. The molecule has 0 aliphatic carbocycles. The molecule has 2 N–H and O–H groups in total. The summed E-state index contributed by atoms with van der Waals surface area (Å²) < 4.78 is 0. The van der Waals surface area contributed by atoms with Crippen LogP contribution in [0.3, 0.4) is 0 Å². The van der Waals surface area contributed by atoms with Crippen molar-refractivity contribution in [1.29, 1.82) is 0 Å². The van der Waals surface area contributed by atoms with Gasteiger partial charge in [-0.25, -0.2) is 0 Å². The maximum absolute atomic E-state index is 10.4. The van der Waals surface area contributed by atoms with Gasteiger partial charge in [-0.2, -0.15) is 0 Å². The molecule has 13 heavy (non-hydrogen) atoms. The Morgan fingerprint density at radius 1 is 1.54 bits per heavy atom. The third-order valence-corrected chi connectivity index (χ3v) is 1.96. The van der Waals surface area contributed by atoms with Crippen LogP contribution in [-0.4, -0.2) is 16.2 Å². The van der Waals surface area contributed by atoms with E-state index in [1.165, 1.54) is 6.07 Å². The van der Waals surface area contributed by atoms with Crippen LogP contribution in [0.15, 0.2) is 12.1 Å². The zero-order valence-electron chi connectivity index (χ0n) is 7.04. The second kappa shape index (κ2) is 3.66. The number of aliphatic carboxylic acids is 1. The molecule has 1 aromatic rings. The average Bonchev–Trinajstić information content (AvgIpc) is 1.98. The molecule has 0 aliphatic heterocycles. The van der Waals surface area contributed by atoms with Gasteiger partial charge in [0.2, 0.25) is 0 Å². The van der Waals surface area contributed by atoms with Crippen molar-refractivity contribution in [3.05, 3.63) is 28.3 Å². The first-order chi connectivity index (χ1) is 6.00. The highest BCUT2D eigenvalue weighted by atomic mass is 35.5. The molecule has 1 aromatic carbocycles. The van der Waals surface area contributed by atoms with E-state index in [9.17, 15) is 9.90 Å². The quantitative estimate of drug-likeness (QED) is 0.768. The molecule has 4 heteroatoms. The van der Waals surface area contributed by atoms with Gasteiger partial charge in [-0.15, -0.1) is 0 Å². The molecule has 0 aromatic heterocycles. The van der Waals surface area contributed by atoms with E-state index in [0.717, 1.165) is 0 Å². The summed E-state index contributed by atoms with van der Waals surface area (Å²) in [6.07, 6.45) is -0.0825. The molecule has 0 saturated carbocycles. The summed E-state index contributed by atoms with van der Waals surface area (Å²) in [5.41, 5.74) is 1.18. The Hall–Kier alpha value is -1.22. The normalized spacial score (nSPS) is 10.0. The minimum atomic E-state index is -0.916. The molecule has 3 nitrogen and oxygen atoms in total. The van der Waals surface area contributed by atoms with Crippen LogP contribution in [0.1, 0.15) is 11.1 Å². The van der Waals surface area contributed by atoms with Crippen LogP contribution >= 0.6 is 11.6 Å². The highest BCUT2D eigenvalue weighted by molar-refractivity contribution is 6.32. The Kier molecular flexibility index (Phi) is 2.78. The summed E-state index contributed by atoms with van der Waals surface area (Å²) in [4.78, 5) is 10.4. The molecule has 0 aliphatic rings. The maximum Gasteiger partial charge on any atom is 0.307 e. The van der Waals surface area contributed by atoms with Gasteiger partial charge in [0.15, 0.2) is 0 Å². The van der Waals surface area contributed by atoms with E-state index in [0.29, 0.717) is 11.1 Å². The summed E-state index contributed by atoms with van der Waals surface area (Å²) in [5.74, 6) is -0.906. The predicted molar refractivity (Wildman–Crippen MR) is 49.2 cm³/mol. The molecule has 0 heterocycles. The SMILES string of the molecule is Cc1cc(CC(=O)O)cc(Cl)c1O. The van der Waals surface area contributed by atoms with Gasteiger partial charge in [0.05, 0.1) is 11.4 Å². The van der Waals surface area contributed by atoms with Gasteiger partial charge >= 0.3 is 5.97 Å². The van der Waals surface area contributed by atoms with Crippen molar-refractivity contribution in [3.63, 3.8) is 0 Å². The van der Waals surface area contributed by atoms with E-state index >= 15 is 0 Å². The lowest BCUT2D eigenvalue weighted by Gasteiger charge is -2.04. The number of phenolic OH excluding ortho intramolecular Hbond substituents is 1. The third kappa shape index (κ3) is 2.36. The fourth-order valence-corrected chi connectivity index (χ4v) is 1.37. The lowest BCUT2D eigenvalue weighted by Crippen LogP contribution is -2.00. The molecule has 0 amide bonds. The minimum Gasteiger partial charge on any atom is -0.506 e. The highest BCUT2D eigenvalue weighted by Gasteiger charge is 2.07. The molecule has 0 atom stereocenters. The lowest BCUT2D eigenvalue weighted by atomic mass is 10.1. The fourth-order valence-electron chi connectivity index (χ4n) is 1.08. The number of phenols is 1. The molecule has 0 spiro atoms. The van der Waals surface area contributed by atoms with E-state index in [-0.39, 0.29) is 17.2 Å². The van der Waals surface area contributed by atoms with E-state index in [4.69, 9.17) is 16.7 Å². The Morgan fingerprint density at radius 2 is 2.15 bits per heavy atom. The summed E-state index contributed by atoms with van der Waals surface area (Å²) >= 11 is 5.66. The molecular weight excluding hydrogens is 192 g/mol. The molecule has 0 fully saturated rings. The molecule has 0 saturated heterocycles. The number of hydrogen-bond donors (Lipinski definition) is 2. The van der Waals surface area contributed by atoms with Crippen LogP contribution in [0.25, 0.3) is 0 Å². The smallest absolute Gasteiger partial charge is 0.307 e. The Morgan fingerprint density at radius 3 is 2.62 bits per heavy atom. The monoisotopic (exact) mass is 200 g/mol. The number of carboxylic acid groups (broad SMARTS) is 1. The van der Waals surface area contributed by atoms with Gasteiger partial charge < -0.3 is 10.2 Å². The number of aromatic hydroxyl groups is 1. The summed E-state index contributed by atoms with van der Waals surface area (Å²) in [6.45, 7) is 1.67. The van der Waals surface area contributed by atoms with Crippen molar-refractivity contribution in [2.45, 2.75) is 13.3 Å². The summed E-state index contributed by atoms with van der Waals surface area (Å²) in [6, 6.07) is 3.06. The van der Waals surface area contributed by atoms with Crippen LogP contribution in [0.2, 0.25) is 5.02 Å². The first-order valence-corrected chi connectivity index (χ1v) is 4.08. The minimum absolute atomic E-state index is 0.0100. The molecule has 0 radical (unpaired) electrons. The molecular formula is C9H9ClO3. The molecule has 1 rings (SSSR count). The van der Waals surface area contributed by atoms with Gasteiger partial charge in [0.1, 0.15) is 5.75 Å². The Balaban J connectivity index is 3.06. The van der Waals surface area contributed by atoms with E-state index in [2.05, 4.69) is 0 Å². The van der Waals surface area contributed by atoms with Crippen LogP contribution in [-0.2, 0) is 11.2 Å². The molecule has 0 unspecified atom stereocenters. The van der Waals surface area contributed by atoms with Crippen LogP contribution in [0, 0.1) is 6.92 Å². The van der Waals surface area contributed by atoms with Crippen molar-refractivity contribution in [3.8, 4) is 5.75 Å². The van der Waals surface area contributed by atoms with Crippen molar-refractivity contribution in [1.82, 2.24) is 0 Å². The van der Waals surface area contributed by atoms with Crippen molar-refractivity contribution in [2.24, 2.45) is 0 Å². The van der Waals surface area contributed by atoms with Gasteiger partial charge in [0.25, 0.3) is 0 Å². The lowest BCUT2D eigenvalue weighted by molar-refractivity contribution is -0.136. The first kappa shape index (κ1) is 9.86. The van der Waals surface area contributed by atoms with E-state index in [1.54, 1.807) is 13.0 Å². The number of benzene rings is 1. The van der Waals surface area contributed by atoms with Crippen molar-refractivity contribution < 1.29 is 15.0 Å². The summed E-state index contributed by atoms with van der Waals surface area (Å²) in [7, 11) is 0. The number of halogens is 1. The predicted octanol–water partition coefficient (Wildman–Crippen LogP) is 1.98. The zero-order valence-corrected chi connectivity index (χ0v) is 7.80. The van der Waals surface area contributed by atoms with Crippen LogP contribution in [0.5, 0.6) is 5.75 Å². The van der Waals surface area contributed by atoms with Crippen LogP contribution < -0.4 is 0 Å². The first-order valence-electron chi connectivity index (χ1n) is 3.70. The van der Waals surface area contributed by atoms with Gasteiger partial charge in [-0.05, 0) is 24.1 Å². The maximum atomic E-state index is 10.4. The number of carbonyl (C=O) groups is 1. The van der Waals surface area contributed by atoms with Gasteiger partial charge in [0, 0.05) is 0 Å². The van der Waals surface area contributed by atoms with Gasteiger partial charge in [-0.3, -0.25) is 4.79 Å². The number of aryl methyl sites for hydroxylation is 1. The molecule has 70 valence electrons. The number of carboxylic acids is 1. The highest BCUT2D eigenvalue weighted by Crippen LogP contribution is 2.28. The topological polar surface area (TPSA) is 57.5 Å². The zero-order chi connectivity index (χ0) is 10.0. The third-order valence-electron chi connectivity index (χ3n) is 1.67. The van der Waals surface area contributed by atoms with Crippen molar-refractivity contribution in [2.75, 3.05) is 0 Å². The standard InChI is InChI=1S/C9H9ClO3/c1-5-2-6(4-8(11)12)3-7(10)9(5)13/h2-3,13H,4H2,1H3,(H,11,12). The van der Waals surface area contributed by atoms with Crippen molar-refractivity contribution >= 4 is 17.6 Å². The fraction of sp³-hybridized carbons (Fsp3) is 0.222. The number of rotatable bonds is 2. The average molecular weight is 201 g/mol. The second-order valence-corrected chi connectivity index (χ2v) is 3.22. The van der Waals surface area contributed by atoms with Crippen LogP contribution in [0.4, 0.5) is 0 Å². The Labute approximate surface area is 80.6 Å². The second-order valence-electron chi connectivity index (χ2n) is 2.81. The molecule has 0 bridgehead atoms. The van der Waals surface area contributed by atoms with E-state index in [1.807, 2.05) is 0 Å². The largest absolute Gasteiger partial charge is 0.506 e. The summed E-state index contributed by atoms with van der Waals surface area (Å²) in [5, 5.41) is 18.0. The Bertz CT molecular complexity index is 324.